The first-order valence-electron chi connectivity index (χ1n) is 8.58. The van der Waals surface area contributed by atoms with E-state index in [2.05, 4.69) is 15.0 Å². The Morgan fingerprint density at radius 1 is 1.07 bits per heavy atom. The molecule has 0 radical (unpaired) electrons. The van der Waals surface area contributed by atoms with Gasteiger partial charge in [0.1, 0.15) is 23.1 Å². The predicted molar refractivity (Wildman–Crippen MR) is 108 cm³/mol. The van der Waals surface area contributed by atoms with E-state index in [-0.39, 0.29) is 23.2 Å². The molecule has 0 aliphatic carbocycles. The zero-order valence-electron chi connectivity index (χ0n) is 15.7. The van der Waals surface area contributed by atoms with E-state index in [1.807, 2.05) is 32.0 Å². The van der Waals surface area contributed by atoms with Crippen LogP contribution in [-0.4, -0.2) is 26.7 Å². The Bertz CT molecular complexity index is 1080. The van der Waals surface area contributed by atoms with Gasteiger partial charge in [0.15, 0.2) is 0 Å². The average molecular weight is 401 g/mol. The second kappa shape index (κ2) is 7.55. The topological polar surface area (TPSA) is 87.6 Å². The highest BCUT2D eigenvalue weighted by atomic mass is 32.2. The van der Waals surface area contributed by atoms with Gasteiger partial charge < -0.3 is 5.32 Å². The van der Waals surface area contributed by atoms with Crippen molar-refractivity contribution >= 4 is 32.4 Å². The van der Waals surface area contributed by atoms with Gasteiger partial charge in [0.25, 0.3) is 10.0 Å². The van der Waals surface area contributed by atoms with Gasteiger partial charge in [-0.2, -0.15) is 0 Å². The van der Waals surface area contributed by atoms with Crippen LogP contribution in [0, 0.1) is 19.7 Å². The maximum Gasteiger partial charge on any atom is 0.264 e. The SMILES string of the molecule is CC1=C(c2ccc(F)cc2)S(=O)(=O)NC1=NCC(=O)Nc1cc(C)cc(C)c1. The monoisotopic (exact) mass is 401 g/mol. The number of benzene rings is 2. The molecule has 1 aliphatic rings. The Hall–Kier alpha value is -3.00. The molecular weight excluding hydrogens is 381 g/mol. The number of amides is 1. The number of carbonyl (C=O) groups excluding carboxylic acids is 1. The van der Waals surface area contributed by atoms with E-state index < -0.39 is 15.8 Å². The van der Waals surface area contributed by atoms with Gasteiger partial charge in [-0.05, 0) is 61.7 Å². The number of nitrogens with one attached hydrogen (secondary N) is 2. The van der Waals surface area contributed by atoms with E-state index in [1.165, 1.54) is 24.3 Å². The summed E-state index contributed by atoms with van der Waals surface area (Å²) < 4.78 is 40.4. The number of sulfonamides is 1. The quantitative estimate of drug-likeness (QED) is 0.825. The van der Waals surface area contributed by atoms with Gasteiger partial charge in [-0.15, -0.1) is 0 Å². The Kier molecular flexibility index (Phi) is 5.33. The Labute approximate surface area is 163 Å². The first-order valence-corrected chi connectivity index (χ1v) is 10.1. The molecule has 0 aromatic heterocycles. The van der Waals surface area contributed by atoms with Gasteiger partial charge in [0.05, 0.1) is 0 Å². The average Bonchev–Trinajstić information content (AvgIpc) is 2.82. The van der Waals surface area contributed by atoms with Crippen molar-refractivity contribution in [1.82, 2.24) is 4.72 Å². The van der Waals surface area contributed by atoms with Crippen LogP contribution in [-0.2, 0) is 14.8 Å². The van der Waals surface area contributed by atoms with Crippen molar-refractivity contribution in [3.63, 3.8) is 0 Å². The van der Waals surface area contributed by atoms with Crippen LogP contribution < -0.4 is 10.0 Å². The molecule has 0 saturated carbocycles. The molecule has 1 aliphatic heterocycles. The Balaban J connectivity index is 1.80. The largest absolute Gasteiger partial charge is 0.324 e. The summed E-state index contributed by atoms with van der Waals surface area (Å²) in [6.45, 7) is 5.22. The minimum absolute atomic E-state index is 0.0287. The first-order chi connectivity index (χ1) is 13.2. The fraction of sp³-hybridized carbons (Fsp3) is 0.200. The summed E-state index contributed by atoms with van der Waals surface area (Å²) in [5.74, 6) is -0.711. The number of nitrogens with zero attached hydrogens (tertiary/aromatic N) is 1. The van der Waals surface area contributed by atoms with Crippen LogP contribution in [0.15, 0.2) is 53.0 Å². The zero-order chi connectivity index (χ0) is 20.5. The summed E-state index contributed by atoms with van der Waals surface area (Å²) in [6, 6.07) is 10.8. The smallest absolute Gasteiger partial charge is 0.264 e. The minimum Gasteiger partial charge on any atom is -0.324 e. The van der Waals surface area contributed by atoms with E-state index in [1.54, 1.807) is 6.92 Å². The number of hydrogen-bond donors (Lipinski definition) is 2. The number of halogens is 1. The number of aliphatic imine (C=N–C) groups is 1. The molecule has 2 aromatic rings. The van der Waals surface area contributed by atoms with Gasteiger partial charge in [0.2, 0.25) is 5.91 Å². The van der Waals surface area contributed by atoms with E-state index in [0.717, 1.165) is 11.1 Å². The van der Waals surface area contributed by atoms with Crippen molar-refractivity contribution in [3.8, 4) is 0 Å². The standard InChI is InChI=1S/C20H20FN3O3S/c1-12-8-13(2)10-17(9-12)23-18(25)11-22-20-14(3)19(28(26,27)24-20)15-4-6-16(21)7-5-15/h4-10H,11H2,1-3H3,(H,22,24)(H,23,25). The second-order valence-corrected chi connectivity index (χ2v) is 8.28. The summed E-state index contributed by atoms with van der Waals surface area (Å²) >= 11 is 0. The van der Waals surface area contributed by atoms with Crippen LogP contribution >= 0.6 is 0 Å². The third-order valence-electron chi connectivity index (χ3n) is 4.19. The van der Waals surface area contributed by atoms with Crippen LogP contribution in [0.3, 0.4) is 0 Å². The minimum atomic E-state index is -3.82. The molecule has 0 bridgehead atoms. The van der Waals surface area contributed by atoms with Crippen LogP contribution in [0.5, 0.6) is 0 Å². The highest BCUT2D eigenvalue weighted by Crippen LogP contribution is 2.29. The molecule has 0 spiro atoms. The number of amidine groups is 1. The molecule has 3 rings (SSSR count). The molecule has 1 heterocycles. The number of rotatable bonds is 4. The maximum absolute atomic E-state index is 13.1. The van der Waals surface area contributed by atoms with E-state index in [0.29, 0.717) is 16.8 Å². The van der Waals surface area contributed by atoms with Crippen molar-refractivity contribution in [2.45, 2.75) is 20.8 Å². The molecule has 2 N–H and O–H groups in total. The molecule has 0 atom stereocenters. The molecule has 1 amide bonds. The van der Waals surface area contributed by atoms with Gasteiger partial charge in [-0.1, -0.05) is 18.2 Å². The van der Waals surface area contributed by atoms with Crippen LogP contribution in [0.1, 0.15) is 23.6 Å². The lowest BCUT2D eigenvalue weighted by molar-refractivity contribution is -0.114. The van der Waals surface area contributed by atoms with Crippen LogP contribution in [0.2, 0.25) is 0 Å². The molecular formula is C20H20FN3O3S. The van der Waals surface area contributed by atoms with Crippen molar-refractivity contribution in [1.29, 1.82) is 0 Å². The summed E-state index contributed by atoms with van der Waals surface area (Å²) in [5.41, 5.74) is 3.44. The molecule has 0 fully saturated rings. The third-order valence-corrected chi connectivity index (χ3v) is 5.73. The van der Waals surface area contributed by atoms with Crippen molar-refractivity contribution in [2.24, 2.45) is 4.99 Å². The van der Waals surface area contributed by atoms with Crippen LogP contribution in [0.4, 0.5) is 10.1 Å². The van der Waals surface area contributed by atoms with Crippen molar-refractivity contribution in [3.05, 3.63) is 70.5 Å². The molecule has 146 valence electrons. The normalized spacial score (nSPS) is 16.9. The van der Waals surface area contributed by atoms with E-state index in [4.69, 9.17) is 0 Å². The molecule has 28 heavy (non-hydrogen) atoms. The first kappa shape index (κ1) is 19.8. The van der Waals surface area contributed by atoms with E-state index >= 15 is 0 Å². The fourth-order valence-corrected chi connectivity index (χ4v) is 4.61. The van der Waals surface area contributed by atoms with Crippen molar-refractivity contribution in [2.75, 3.05) is 11.9 Å². The molecule has 2 aromatic carbocycles. The summed E-state index contributed by atoms with van der Waals surface area (Å²) in [6.07, 6.45) is 0. The lowest BCUT2D eigenvalue weighted by atomic mass is 10.1. The number of anilines is 1. The molecule has 8 heteroatoms. The van der Waals surface area contributed by atoms with Gasteiger partial charge in [0, 0.05) is 11.3 Å². The third kappa shape index (κ3) is 4.28. The number of aryl methyl sites for hydroxylation is 2. The van der Waals surface area contributed by atoms with Crippen LogP contribution in [0.25, 0.3) is 4.91 Å². The summed E-state index contributed by atoms with van der Waals surface area (Å²) in [4.78, 5) is 16.3. The maximum atomic E-state index is 13.1. The molecule has 6 nitrogen and oxygen atoms in total. The predicted octanol–water partition coefficient (Wildman–Crippen LogP) is 3.14. The fourth-order valence-electron chi connectivity index (χ4n) is 3.09. The van der Waals surface area contributed by atoms with Gasteiger partial charge >= 0.3 is 0 Å². The van der Waals surface area contributed by atoms with E-state index in [9.17, 15) is 17.6 Å². The Morgan fingerprint density at radius 2 is 1.68 bits per heavy atom. The second-order valence-electron chi connectivity index (χ2n) is 6.66. The molecule has 0 saturated heterocycles. The summed E-state index contributed by atoms with van der Waals surface area (Å²) in [5, 5.41) is 2.75. The number of carbonyl (C=O) groups is 1. The summed E-state index contributed by atoms with van der Waals surface area (Å²) in [7, 11) is -3.82. The van der Waals surface area contributed by atoms with Gasteiger partial charge in [-0.25, -0.2) is 12.8 Å². The van der Waals surface area contributed by atoms with Crippen molar-refractivity contribution < 1.29 is 17.6 Å². The highest BCUT2D eigenvalue weighted by Gasteiger charge is 2.32. The van der Waals surface area contributed by atoms with Gasteiger partial charge in [-0.3, -0.25) is 14.5 Å². The highest BCUT2D eigenvalue weighted by molar-refractivity contribution is 8.00. The lowest BCUT2D eigenvalue weighted by Gasteiger charge is -2.06. The Morgan fingerprint density at radius 3 is 2.29 bits per heavy atom. The number of hydrogen-bond acceptors (Lipinski definition) is 4. The zero-order valence-corrected chi connectivity index (χ0v) is 16.5. The molecule has 0 unspecified atom stereocenters. The lowest BCUT2D eigenvalue weighted by Crippen LogP contribution is -2.25.